The van der Waals surface area contributed by atoms with E-state index >= 15 is 0 Å². The smallest absolute Gasteiger partial charge is 0.0541 e. The number of aromatic nitrogens is 2. The molecule has 1 aromatic heterocycles. The summed E-state index contributed by atoms with van der Waals surface area (Å²) in [5.41, 5.74) is 1.17. The van der Waals surface area contributed by atoms with E-state index in [1.54, 1.807) is 10.9 Å². The van der Waals surface area contributed by atoms with Crippen molar-refractivity contribution in [3.05, 3.63) is 24.5 Å². The van der Waals surface area contributed by atoms with Crippen molar-refractivity contribution in [2.45, 2.75) is 44.4 Å². The van der Waals surface area contributed by atoms with E-state index in [9.17, 15) is 5.11 Å². The number of nitrogens with zero attached hydrogens (tertiary/aromatic N) is 2. The number of hydrogen-bond acceptors (Lipinski definition) is 3. The first-order valence-corrected chi connectivity index (χ1v) is 5.85. The summed E-state index contributed by atoms with van der Waals surface area (Å²) in [5.74, 6) is 0. The van der Waals surface area contributed by atoms with Gasteiger partial charge >= 0.3 is 0 Å². The summed E-state index contributed by atoms with van der Waals surface area (Å²) >= 11 is 0. The number of nitrogens with one attached hydrogen (secondary N) is 1. The molecule has 0 radical (unpaired) electrons. The van der Waals surface area contributed by atoms with Crippen molar-refractivity contribution < 1.29 is 5.11 Å². The van der Waals surface area contributed by atoms with Gasteiger partial charge in [0.05, 0.1) is 12.3 Å². The van der Waals surface area contributed by atoms with Crippen molar-refractivity contribution in [2.75, 3.05) is 0 Å². The topological polar surface area (TPSA) is 50.1 Å². The Morgan fingerprint density at radius 3 is 2.88 bits per heavy atom. The molecule has 0 saturated heterocycles. The van der Waals surface area contributed by atoms with Crippen LogP contribution in [0.25, 0.3) is 6.20 Å². The average Bonchev–Trinajstić information content (AvgIpc) is 2.76. The van der Waals surface area contributed by atoms with Crippen LogP contribution in [0.1, 0.15) is 31.2 Å². The van der Waals surface area contributed by atoms with Crippen LogP contribution in [0.5, 0.6) is 0 Å². The van der Waals surface area contributed by atoms with Gasteiger partial charge in [-0.1, -0.05) is 6.58 Å². The minimum absolute atomic E-state index is 0.0819. The Balaban J connectivity index is 1.76. The van der Waals surface area contributed by atoms with Crippen LogP contribution in [0.4, 0.5) is 0 Å². The van der Waals surface area contributed by atoms with Crippen LogP contribution in [0, 0.1) is 0 Å². The normalized spacial score (nSPS) is 25.6. The third kappa shape index (κ3) is 2.93. The molecule has 0 bridgehead atoms. The molecule has 0 amide bonds. The van der Waals surface area contributed by atoms with Gasteiger partial charge in [0, 0.05) is 30.5 Å². The molecular weight excluding hydrogens is 202 g/mol. The predicted octanol–water partition coefficient (Wildman–Crippen LogP) is 1.38. The summed E-state index contributed by atoms with van der Waals surface area (Å²) in [5, 5.41) is 17.0. The van der Waals surface area contributed by atoms with E-state index in [1.165, 1.54) is 5.56 Å². The lowest BCUT2D eigenvalue weighted by atomic mass is 9.93. The Hall–Kier alpha value is -1.13. The number of rotatable bonds is 4. The van der Waals surface area contributed by atoms with Crippen molar-refractivity contribution in [1.82, 2.24) is 15.1 Å². The second kappa shape index (κ2) is 5.27. The lowest BCUT2D eigenvalue weighted by molar-refractivity contribution is 0.116. The van der Waals surface area contributed by atoms with E-state index in [-0.39, 0.29) is 6.10 Å². The second-order valence-corrected chi connectivity index (χ2v) is 4.40. The largest absolute Gasteiger partial charge is 0.393 e. The van der Waals surface area contributed by atoms with Crippen LogP contribution in [0.15, 0.2) is 19.0 Å². The van der Waals surface area contributed by atoms with Crippen molar-refractivity contribution >= 4 is 6.20 Å². The second-order valence-electron chi connectivity index (χ2n) is 4.40. The van der Waals surface area contributed by atoms with E-state index in [0.29, 0.717) is 6.04 Å². The molecule has 0 aromatic carbocycles. The lowest BCUT2D eigenvalue weighted by Crippen LogP contribution is -2.34. The highest BCUT2D eigenvalue weighted by Crippen LogP contribution is 2.18. The maximum atomic E-state index is 9.40. The monoisotopic (exact) mass is 221 g/mol. The van der Waals surface area contributed by atoms with Gasteiger partial charge in [-0.25, -0.2) is 4.68 Å². The van der Waals surface area contributed by atoms with E-state index in [1.807, 2.05) is 12.4 Å². The summed E-state index contributed by atoms with van der Waals surface area (Å²) < 4.78 is 1.71. The Labute approximate surface area is 96.0 Å². The molecule has 2 rings (SSSR count). The molecule has 0 aliphatic heterocycles. The quantitative estimate of drug-likeness (QED) is 0.807. The Bertz CT molecular complexity index is 340. The molecule has 4 nitrogen and oxygen atoms in total. The maximum absolute atomic E-state index is 9.40. The van der Waals surface area contributed by atoms with Crippen LogP contribution >= 0.6 is 0 Å². The molecule has 16 heavy (non-hydrogen) atoms. The molecule has 2 N–H and O–H groups in total. The molecule has 4 heteroatoms. The van der Waals surface area contributed by atoms with Gasteiger partial charge in [0.1, 0.15) is 0 Å². The van der Waals surface area contributed by atoms with Crippen molar-refractivity contribution in [3.8, 4) is 0 Å². The van der Waals surface area contributed by atoms with Gasteiger partial charge in [0.15, 0.2) is 0 Å². The summed E-state index contributed by atoms with van der Waals surface area (Å²) in [6.07, 6.45) is 9.40. The Kier molecular flexibility index (Phi) is 3.74. The van der Waals surface area contributed by atoms with E-state index in [2.05, 4.69) is 17.0 Å². The first-order chi connectivity index (χ1) is 7.78. The standard InChI is InChI=1S/C12H19N3O/c1-2-15-9-10(8-14-15)7-13-11-3-5-12(16)6-4-11/h2,8-9,11-13,16H,1,3-7H2. The number of aliphatic hydroxyl groups is 1. The van der Waals surface area contributed by atoms with E-state index < -0.39 is 0 Å². The highest BCUT2D eigenvalue weighted by molar-refractivity contribution is 5.17. The van der Waals surface area contributed by atoms with Crippen molar-refractivity contribution in [3.63, 3.8) is 0 Å². The summed E-state index contributed by atoms with van der Waals surface area (Å²) in [4.78, 5) is 0. The minimum Gasteiger partial charge on any atom is -0.393 e. The highest BCUT2D eigenvalue weighted by Gasteiger charge is 2.18. The van der Waals surface area contributed by atoms with Gasteiger partial charge in [-0.2, -0.15) is 5.10 Å². The lowest BCUT2D eigenvalue weighted by Gasteiger charge is -2.26. The van der Waals surface area contributed by atoms with Crippen LogP contribution in [-0.4, -0.2) is 27.0 Å². The summed E-state index contributed by atoms with van der Waals surface area (Å²) in [6, 6.07) is 0.537. The fourth-order valence-corrected chi connectivity index (χ4v) is 2.11. The molecule has 1 fully saturated rings. The Morgan fingerprint density at radius 1 is 1.50 bits per heavy atom. The highest BCUT2D eigenvalue weighted by atomic mass is 16.3. The maximum Gasteiger partial charge on any atom is 0.0541 e. The number of aliphatic hydroxyl groups excluding tert-OH is 1. The molecule has 0 spiro atoms. The van der Waals surface area contributed by atoms with E-state index in [0.717, 1.165) is 32.2 Å². The van der Waals surface area contributed by atoms with Gasteiger partial charge in [-0.15, -0.1) is 0 Å². The zero-order valence-corrected chi connectivity index (χ0v) is 9.47. The van der Waals surface area contributed by atoms with Crippen LogP contribution < -0.4 is 5.32 Å². The molecule has 1 aliphatic rings. The number of hydrogen-bond donors (Lipinski definition) is 2. The van der Waals surface area contributed by atoms with Crippen molar-refractivity contribution in [2.24, 2.45) is 0 Å². The molecule has 1 saturated carbocycles. The van der Waals surface area contributed by atoms with Crippen LogP contribution in [0.2, 0.25) is 0 Å². The van der Waals surface area contributed by atoms with Crippen molar-refractivity contribution in [1.29, 1.82) is 0 Å². The van der Waals surface area contributed by atoms with Gasteiger partial charge in [-0.05, 0) is 25.7 Å². The molecule has 1 aliphatic carbocycles. The molecule has 1 heterocycles. The third-order valence-corrected chi connectivity index (χ3v) is 3.13. The zero-order chi connectivity index (χ0) is 11.4. The predicted molar refractivity (Wildman–Crippen MR) is 63.7 cm³/mol. The Morgan fingerprint density at radius 2 is 2.25 bits per heavy atom. The van der Waals surface area contributed by atoms with Gasteiger partial charge in [0.25, 0.3) is 0 Å². The van der Waals surface area contributed by atoms with Crippen LogP contribution in [-0.2, 0) is 6.54 Å². The fourth-order valence-electron chi connectivity index (χ4n) is 2.11. The fraction of sp³-hybridized carbons (Fsp3) is 0.583. The van der Waals surface area contributed by atoms with E-state index in [4.69, 9.17) is 0 Å². The molecule has 88 valence electrons. The van der Waals surface area contributed by atoms with Crippen LogP contribution in [0.3, 0.4) is 0 Å². The van der Waals surface area contributed by atoms with Gasteiger partial charge in [0.2, 0.25) is 0 Å². The summed E-state index contributed by atoms with van der Waals surface area (Å²) in [7, 11) is 0. The SMILES string of the molecule is C=Cn1cc(CNC2CCC(O)CC2)cn1. The first kappa shape index (κ1) is 11.4. The minimum atomic E-state index is -0.0819. The van der Waals surface area contributed by atoms with Gasteiger partial charge in [-0.3, -0.25) is 0 Å². The molecule has 1 aromatic rings. The average molecular weight is 221 g/mol. The molecule has 0 unspecified atom stereocenters. The third-order valence-electron chi connectivity index (χ3n) is 3.13. The molecular formula is C12H19N3O. The zero-order valence-electron chi connectivity index (χ0n) is 9.47. The summed E-state index contributed by atoms with van der Waals surface area (Å²) in [6.45, 7) is 4.50. The first-order valence-electron chi connectivity index (χ1n) is 5.85. The molecule has 0 atom stereocenters. The van der Waals surface area contributed by atoms with Gasteiger partial charge < -0.3 is 10.4 Å².